The van der Waals surface area contributed by atoms with Gasteiger partial charge < -0.3 is 95.2 Å². The van der Waals surface area contributed by atoms with Crippen LogP contribution in [0.4, 0.5) is 0 Å². The maximum Gasteiger partial charge on any atom is 0.343 e. The van der Waals surface area contributed by atoms with Gasteiger partial charge in [-0.15, -0.1) is 0 Å². The molecule has 5 atom stereocenters. The number of rotatable bonds is 5. The first-order valence-electron chi connectivity index (χ1n) is 15.6. The molecule has 4 aromatic carbocycles. The summed E-state index contributed by atoms with van der Waals surface area (Å²) in [4.78, 5) is 52.9. The Kier molecular flexibility index (Phi) is 9.67. The lowest BCUT2D eigenvalue weighted by Crippen LogP contribution is -2.61. The van der Waals surface area contributed by atoms with E-state index in [1.165, 1.54) is 0 Å². The number of cyclic esters (lactones) is 1. The van der Waals surface area contributed by atoms with Crippen LogP contribution in [0.15, 0.2) is 30.3 Å². The number of benzene rings is 4. The molecular weight excluding hydrogens is 776 g/mol. The molecule has 23 heteroatoms. The molecule has 23 nitrogen and oxygen atoms in total. The highest BCUT2D eigenvalue weighted by Crippen LogP contribution is 2.54. The van der Waals surface area contributed by atoms with E-state index in [9.17, 15) is 90.7 Å². The fourth-order valence-corrected chi connectivity index (χ4v) is 5.87. The third-order valence-electron chi connectivity index (χ3n) is 8.64. The second-order valence-electron chi connectivity index (χ2n) is 12.1. The van der Waals surface area contributed by atoms with Gasteiger partial charge in [0.25, 0.3) is 0 Å². The lowest BCUT2D eigenvalue weighted by molar-refractivity contribution is -0.285. The first-order valence-corrected chi connectivity index (χ1v) is 15.6. The largest absolute Gasteiger partial charge is 0.504 e. The second kappa shape index (κ2) is 14.1. The van der Waals surface area contributed by atoms with E-state index in [1.54, 1.807) is 0 Å². The van der Waals surface area contributed by atoms with Crippen LogP contribution in [0.25, 0.3) is 11.1 Å². The zero-order valence-electron chi connectivity index (χ0n) is 27.9. The Morgan fingerprint density at radius 2 is 1.18 bits per heavy atom. The molecule has 5 unspecified atom stereocenters. The van der Waals surface area contributed by atoms with Gasteiger partial charge in [-0.1, -0.05) is 0 Å². The van der Waals surface area contributed by atoms with E-state index in [2.05, 4.69) is 0 Å². The van der Waals surface area contributed by atoms with Crippen molar-refractivity contribution in [3.8, 4) is 85.9 Å². The van der Waals surface area contributed by atoms with Gasteiger partial charge in [0.1, 0.15) is 30.1 Å². The highest BCUT2D eigenvalue weighted by atomic mass is 16.7. The number of carbonyl (C=O) groups is 4. The topological polar surface area (TPSA) is 398 Å². The summed E-state index contributed by atoms with van der Waals surface area (Å²) in [7, 11) is 0. The highest BCUT2D eigenvalue weighted by molar-refractivity contribution is 6.08. The standard InChI is InChI=1S/C34H26O23/c35-10-1-7(2-11(36)20(10)39)31(49)57-29-27(46)34(52)55-16-6-53-32(50)8-3-12(37)21(40)24(43)17(8)18-9(33(51)56-28(16)29)4-15(23(42)25(18)44)54-14-5-13(38)22(41)26(45)19(14)30(47)48/h1-5,16,27-29,34-46,52H,6H2,(H,47,48). The molecule has 0 aliphatic carbocycles. The number of carboxylic acid groups (broad SMARTS) is 1. The number of phenols is 11. The molecule has 6 rings (SSSR count). The van der Waals surface area contributed by atoms with E-state index < -0.39 is 169 Å². The number of esters is 3. The van der Waals surface area contributed by atoms with Crippen molar-refractivity contribution in [2.75, 3.05) is 6.61 Å². The SMILES string of the molecule is O=C(OC1C(O)C(O)OC2COC(=O)c3cc(O)c(O)c(O)c3-c3c(cc(Oc4cc(O)c(O)c(O)c4C(=O)O)c(O)c3O)C(=O)OC21)c1cc(O)c(O)c(O)c1. The third-order valence-corrected chi connectivity index (χ3v) is 8.64. The molecule has 0 saturated carbocycles. The van der Waals surface area contributed by atoms with E-state index in [0.29, 0.717) is 30.3 Å². The zero-order chi connectivity index (χ0) is 41.9. The number of phenolic OH excluding ortho intramolecular Hbond substituents is 10. The van der Waals surface area contributed by atoms with Gasteiger partial charge in [-0.25, -0.2) is 19.2 Å². The van der Waals surface area contributed by atoms with Crippen LogP contribution in [0.1, 0.15) is 41.4 Å². The van der Waals surface area contributed by atoms with Crippen LogP contribution in [0, 0.1) is 0 Å². The zero-order valence-corrected chi connectivity index (χ0v) is 27.9. The number of aromatic hydroxyl groups is 11. The summed E-state index contributed by atoms with van der Waals surface area (Å²) in [5, 5.41) is 145. The van der Waals surface area contributed by atoms with Crippen molar-refractivity contribution in [3.05, 3.63) is 52.6 Å². The summed E-state index contributed by atoms with van der Waals surface area (Å²) >= 11 is 0. The molecule has 14 N–H and O–H groups in total. The van der Waals surface area contributed by atoms with E-state index in [4.69, 9.17) is 23.7 Å². The van der Waals surface area contributed by atoms with Gasteiger partial charge in [-0.2, -0.15) is 0 Å². The number of carboxylic acids is 1. The molecular formula is C34H26O23. The van der Waals surface area contributed by atoms with Crippen LogP contribution in [0.3, 0.4) is 0 Å². The molecule has 0 aromatic heterocycles. The molecule has 2 aliphatic rings. The number of hydrogen-bond donors (Lipinski definition) is 14. The van der Waals surface area contributed by atoms with Crippen molar-refractivity contribution in [3.63, 3.8) is 0 Å². The fourth-order valence-electron chi connectivity index (χ4n) is 5.87. The number of aliphatic hydroxyl groups excluding tert-OH is 2. The van der Waals surface area contributed by atoms with E-state index in [1.807, 2.05) is 0 Å². The first-order chi connectivity index (χ1) is 26.7. The predicted molar refractivity (Wildman–Crippen MR) is 176 cm³/mol. The minimum Gasteiger partial charge on any atom is -0.504 e. The lowest BCUT2D eigenvalue weighted by atomic mass is 9.91. The van der Waals surface area contributed by atoms with E-state index >= 15 is 0 Å². The smallest absolute Gasteiger partial charge is 0.343 e. The average molecular weight is 803 g/mol. The van der Waals surface area contributed by atoms with Crippen molar-refractivity contribution in [2.45, 2.75) is 30.7 Å². The van der Waals surface area contributed by atoms with Crippen LogP contribution < -0.4 is 4.74 Å². The van der Waals surface area contributed by atoms with Gasteiger partial charge in [-0.05, 0) is 18.2 Å². The minimum atomic E-state index is -2.31. The van der Waals surface area contributed by atoms with Crippen molar-refractivity contribution >= 4 is 23.9 Å². The summed E-state index contributed by atoms with van der Waals surface area (Å²) < 4.78 is 26.6. The normalized spacial score (nSPS) is 20.4. The number of aromatic carboxylic acids is 1. The summed E-state index contributed by atoms with van der Waals surface area (Å²) in [5.74, 6) is -22.8. The molecule has 0 spiro atoms. The Balaban J connectivity index is 1.55. The van der Waals surface area contributed by atoms with Crippen LogP contribution >= 0.6 is 0 Å². The van der Waals surface area contributed by atoms with Gasteiger partial charge in [-0.3, -0.25) is 0 Å². The van der Waals surface area contributed by atoms with Gasteiger partial charge in [0, 0.05) is 23.3 Å². The number of aliphatic hydroxyl groups is 2. The molecule has 0 radical (unpaired) electrons. The number of hydrogen-bond acceptors (Lipinski definition) is 22. The van der Waals surface area contributed by atoms with Gasteiger partial charge in [0.2, 0.25) is 17.2 Å². The van der Waals surface area contributed by atoms with Crippen LogP contribution in [-0.2, 0) is 18.9 Å². The van der Waals surface area contributed by atoms with Gasteiger partial charge >= 0.3 is 23.9 Å². The molecule has 0 bridgehead atoms. The first kappa shape index (κ1) is 38.9. The molecule has 4 aromatic rings. The molecule has 300 valence electrons. The Bertz CT molecular complexity index is 2360. The van der Waals surface area contributed by atoms with Crippen LogP contribution in [0.5, 0.6) is 74.7 Å². The summed E-state index contributed by atoms with van der Waals surface area (Å²) in [6, 6.07) is 2.63. The van der Waals surface area contributed by atoms with Crippen LogP contribution in [0.2, 0.25) is 0 Å². The van der Waals surface area contributed by atoms with Crippen molar-refractivity contribution in [2.24, 2.45) is 0 Å². The molecule has 57 heavy (non-hydrogen) atoms. The van der Waals surface area contributed by atoms with Crippen molar-refractivity contribution in [1.29, 1.82) is 0 Å². The summed E-state index contributed by atoms with van der Waals surface area (Å²) in [6.45, 7) is -1.06. The molecule has 0 amide bonds. The predicted octanol–water partition coefficient (Wildman–Crippen LogP) is 0.605. The Morgan fingerprint density at radius 1 is 0.632 bits per heavy atom. The Hall–Kier alpha value is -7.76. The fraction of sp³-hybridized carbons (Fsp3) is 0.176. The minimum absolute atomic E-state index is 0.435. The Morgan fingerprint density at radius 3 is 1.79 bits per heavy atom. The number of fused-ring (bicyclic) bond motifs is 4. The maximum absolute atomic E-state index is 14.2. The molecule has 1 saturated heterocycles. The number of carbonyl (C=O) groups excluding carboxylic acids is 3. The van der Waals surface area contributed by atoms with E-state index in [0.717, 1.165) is 0 Å². The maximum atomic E-state index is 14.2. The van der Waals surface area contributed by atoms with Gasteiger partial charge in [0.05, 0.1) is 16.7 Å². The molecule has 2 heterocycles. The second-order valence-corrected chi connectivity index (χ2v) is 12.1. The molecule has 2 aliphatic heterocycles. The highest BCUT2D eigenvalue weighted by Gasteiger charge is 2.51. The van der Waals surface area contributed by atoms with Crippen molar-refractivity contribution in [1.82, 2.24) is 0 Å². The number of ether oxygens (including phenoxy) is 5. The Labute approximate surface area is 314 Å². The van der Waals surface area contributed by atoms with Crippen LogP contribution in [-0.4, -0.2) is 133 Å². The quantitative estimate of drug-likeness (QED) is 0.0746. The summed E-state index contributed by atoms with van der Waals surface area (Å²) in [5.41, 5.74) is -6.08. The summed E-state index contributed by atoms with van der Waals surface area (Å²) in [6.07, 6.45) is -10.9. The van der Waals surface area contributed by atoms with E-state index in [-0.39, 0.29) is 0 Å². The average Bonchev–Trinajstić information content (AvgIpc) is 3.16. The van der Waals surface area contributed by atoms with Crippen molar-refractivity contribution < 1.29 is 114 Å². The monoisotopic (exact) mass is 802 g/mol. The van der Waals surface area contributed by atoms with Gasteiger partial charge in [0.15, 0.2) is 70.2 Å². The third kappa shape index (κ3) is 6.58. The lowest BCUT2D eigenvalue weighted by Gasteiger charge is -2.41. The molecule has 1 fully saturated rings.